The molecule has 1 aliphatic heterocycles. The zero-order valence-electron chi connectivity index (χ0n) is 12.0. The first-order chi connectivity index (χ1) is 10.0. The standard InChI is InChI=1S/C14H20N4O3/c1-2-16-14(19)10-5-6-12(18(20)21)13(8-10)17-7-3-4-11(15)9-17/h5-6,8,11H,2-4,7,9,15H2,1H3,(H,16,19)/t11-/m1/s1. The number of nitro benzene ring substituents is 1. The molecule has 1 amide bonds. The maximum Gasteiger partial charge on any atom is 0.292 e. The van der Waals surface area contributed by atoms with Gasteiger partial charge in [-0.05, 0) is 31.9 Å². The minimum Gasteiger partial charge on any atom is -0.364 e. The fraction of sp³-hybridized carbons (Fsp3) is 0.500. The van der Waals surface area contributed by atoms with E-state index in [4.69, 9.17) is 5.73 Å². The minimum atomic E-state index is -0.420. The van der Waals surface area contributed by atoms with Gasteiger partial charge in [-0.2, -0.15) is 0 Å². The quantitative estimate of drug-likeness (QED) is 0.643. The Labute approximate surface area is 123 Å². The lowest BCUT2D eigenvalue weighted by Gasteiger charge is -2.32. The smallest absolute Gasteiger partial charge is 0.292 e. The van der Waals surface area contributed by atoms with E-state index in [0.717, 1.165) is 12.8 Å². The maximum absolute atomic E-state index is 11.9. The number of piperidine rings is 1. The number of nitrogens with two attached hydrogens (primary N) is 1. The van der Waals surface area contributed by atoms with Gasteiger partial charge in [0.1, 0.15) is 5.69 Å². The van der Waals surface area contributed by atoms with Gasteiger partial charge in [-0.15, -0.1) is 0 Å². The fourth-order valence-electron chi connectivity index (χ4n) is 2.56. The highest BCUT2D eigenvalue weighted by Gasteiger charge is 2.25. The molecule has 1 heterocycles. The molecule has 3 N–H and O–H groups in total. The number of benzene rings is 1. The van der Waals surface area contributed by atoms with E-state index < -0.39 is 4.92 Å². The highest BCUT2D eigenvalue weighted by atomic mass is 16.6. The average Bonchev–Trinajstić information content (AvgIpc) is 2.46. The van der Waals surface area contributed by atoms with Crippen LogP contribution in [0.2, 0.25) is 0 Å². The van der Waals surface area contributed by atoms with Gasteiger partial charge in [-0.3, -0.25) is 14.9 Å². The Bertz CT molecular complexity index is 547. The van der Waals surface area contributed by atoms with Crippen molar-refractivity contribution < 1.29 is 9.72 Å². The third-order valence-corrected chi connectivity index (χ3v) is 3.57. The molecule has 0 spiro atoms. The summed E-state index contributed by atoms with van der Waals surface area (Å²) in [5, 5.41) is 13.9. The molecule has 2 rings (SSSR count). The van der Waals surface area contributed by atoms with Crippen LogP contribution in [0.1, 0.15) is 30.1 Å². The molecule has 0 radical (unpaired) electrons. The van der Waals surface area contributed by atoms with Gasteiger partial charge < -0.3 is 16.0 Å². The van der Waals surface area contributed by atoms with Gasteiger partial charge in [-0.1, -0.05) is 0 Å². The SMILES string of the molecule is CCNC(=O)c1ccc([N+](=O)[O-])c(N2CCC[C@@H](N)C2)c1. The van der Waals surface area contributed by atoms with Gasteiger partial charge in [0, 0.05) is 37.3 Å². The maximum atomic E-state index is 11.9. The molecule has 0 unspecified atom stereocenters. The van der Waals surface area contributed by atoms with Gasteiger partial charge in [-0.25, -0.2) is 0 Å². The number of carbonyl (C=O) groups is 1. The second-order valence-corrected chi connectivity index (χ2v) is 5.17. The van der Waals surface area contributed by atoms with E-state index in [1.807, 2.05) is 11.8 Å². The predicted octanol–water partition coefficient (Wildman–Crippen LogP) is 1.27. The van der Waals surface area contributed by atoms with Crippen LogP contribution in [-0.4, -0.2) is 36.5 Å². The van der Waals surface area contributed by atoms with Gasteiger partial charge in [0.15, 0.2) is 0 Å². The summed E-state index contributed by atoms with van der Waals surface area (Å²) in [7, 11) is 0. The molecule has 0 aliphatic carbocycles. The molecule has 1 aromatic rings. The van der Waals surface area contributed by atoms with Crippen LogP contribution >= 0.6 is 0 Å². The number of nitrogens with one attached hydrogen (secondary N) is 1. The number of hydrogen-bond acceptors (Lipinski definition) is 5. The first-order valence-corrected chi connectivity index (χ1v) is 7.10. The zero-order chi connectivity index (χ0) is 15.4. The van der Waals surface area contributed by atoms with Crippen LogP contribution in [-0.2, 0) is 0 Å². The van der Waals surface area contributed by atoms with E-state index in [1.165, 1.54) is 12.1 Å². The van der Waals surface area contributed by atoms with E-state index in [9.17, 15) is 14.9 Å². The van der Waals surface area contributed by atoms with Gasteiger partial charge in [0.25, 0.3) is 11.6 Å². The second-order valence-electron chi connectivity index (χ2n) is 5.17. The molecule has 1 atom stereocenters. The lowest BCUT2D eigenvalue weighted by molar-refractivity contribution is -0.384. The van der Waals surface area contributed by atoms with Crippen molar-refractivity contribution in [3.8, 4) is 0 Å². The number of nitrogens with zero attached hydrogens (tertiary/aromatic N) is 2. The Hall–Kier alpha value is -2.15. The average molecular weight is 292 g/mol. The monoisotopic (exact) mass is 292 g/mol. The van der Waals surface area contributed by atoms with Crippen LogP contribution in [0.3, 0.4) is 0 Å². The molecular formula is C14H20N4O3. The number of nitro groups is 1. The normalized spacial score (nSPS) is 18.4. The van der Waals surface area contributed by atoms with E-state index in [0.29, 0.717) is 30.9 Å². The number of anilines is 1. The van der Waals surface area contributed by atoms with Crippen molar-refractivity contribution in [2.45, 2.75) is 25.8 Å². The highest BCUT2D eigenvalue weighted by molar-refractivity contribution is 5.96. The topological polar surface area (TPSA) is 101 Å². The van der Waals surface area contributed by atoms with E-state index in [1.54, 1.807) is 6.07 Å². The van der Waals surface area contributed by atoms with Crippen molar-refractivity contribution in [2.24, 2.45) is 5.73 Å². The van der Waals surface area contributed by atoms with Crippen LogP contribution < -0.4 is 16.0 Å². The molecule has 1 aliphatic rings. The van der Waals surface area contributed by atoms with E-state index in [2.05, 4.69) is 5.32 Å². The Kier molecular flexibility index (Phi) is 4.74. The summed E-state index contributed by atoms with van der Waals surface area (Å²) in [6, 6.07) is 4.46. The van der Waals surface area contributed by atoms with Crippen LogP contribution in [0.5, 0.6) is 0 Å². The van der Waals surface area contributed by atoms with Crippen molar-refractivity contribution >= 4 is 17.3 Å². The minimum absolute atomic E-state index is 0.00600. The number of carbonyl (C=O) groups excluding carboxylic acids is 1. The number of amides is 1. The fourth-order valence-corrected chi connectivity index (χ4v) is 2.56. The van der Waals surface area contributed by atoms with E-state index >= 15 is 0 Å². The summed E-state index contributed by atoms with van der Waals surface area (Å²) in [5.41, 5.74) is 6.85. The van der Waals surface area contributed by atoms with Crippen molar-refractivity contribution in [3.63, 3.8) is 0 Å². The summed E-state index contributed by atoms with van der Waals surface area (Å²) in [6.45, 7) is 3.63. The molecule has 7 heteroatoms. The summed E-state index contributed by atoms with van der Waals surface area (Å²) in [6.07, 6.45) is 1.81. The third-order valence-electron chi connectivity index (χ3n) is 3.57. The summed E-state index contributed by atoms with van der Waals surface area (Å²) >= 11 is 0. The van der Waals surface area contributed by atoms with Crippen LogP contribution in [0.15, 0.2) is 18.2 Å². The zero-order valence-corrected chi connectivity index (χ0v) is 12.0. The molecule has 7 nitrogen and oxygen atoms in total. The highest BCUT2D eigenvalue weighted by Crippen LogP contribution is 2.31. The molecule has 0 saturated carbocycles. The molecule has 0 bridgehead atoms. The number of rotatable bonds is 4. The van der Waals surface area contributed by atoms with Crippen LogP contribution in [0.25, 0.3) is 0 Å². The first-order valence-electron chi connectivity index (χ1n) is 7.10. The molecule has 0 aromatic heterocycles. The largest absolute Gasteiger partial charge is 0.364 e. The molecular weight excluding hydrogens is 272 g/mol. The predicted molar refractivity (Wildman–Crippen MR) is 80.5 cm³/mol. The first kappa shape index (κ1) is 15.2. The Morgan fingerprint density at radius 2 is 2.33 bits per heavy atom. The molecule has 21 heavy (non-hydrogen) atoms. The van der Waals surface area contributed by atoms with Gasteiger partial charge in [0.05, 0.1) is 4.92 Å². The second kappa shape index (κ2) is 6.53. The van der Waals surface area contributed by atoms with Crippen molar-refractivity contribution in [1.82, 2.24) is 5.32 Å². The van der Waals surface area contributed by atoms with Gasteiger partial charge >= 0.3 is 0 Å². The van der Waals surface area contributed by atoms with Crippen molar-refractivity contribution in [2.75, 3.05) is 24.5 Å². The van der Waals surface area contributed by atoms with Gasteiger partial charge in [0.2, 0.25) is 0 Å². The Morgan fingerprint density at radius 1 is 1.57 bits per heavy atom. The van der Waals surface area contributed by atoms with Crippen molar-refractivity contribution in [3.05, 3.63) is 33.9 Å². The van der Waals surface area contributed by atoms with E-state index in [-0.39, 0.29) is 17.6 Å². The summed E-state index contributed by atoms with van der Waals surface area (Å²) in [5.74, 6) is -0.227. The molecule has 114 valence electrons. The lowest BCUT2D eigenvalue weighted by Crippen LogP contribution is -2.43. The van der Waals surface area contributed by atoms with Crippen molar-refractivity contribution in [1.29, 1.82) is 0 Å². The Morgan fingerprint density at radius 3 is 2.95 bits per heavy atom. The lowest BCUT2D eigenvalue weighted by atomic mass is 10.0. The summed E-state index contributed by atoms with van der Waals surface area (Å²) < 4.78 is 0. The molecule has 1 fully saturated rings. The van der Waals surface area contributed by atoms with Crippen LogP contribution in [0, 0.1) is 10.1 Å². The Balaban J connectivity index is 2.37. The molecule has 1 saturated heterocycles. The summed E-state index contributed by atoms with van der Waals surface area (Å²) in [4.78, 5) is 24.6. The molecule has 1 aromatic carbocycles. The van der Waals surface area contributed by atoms with Crippen LogP contribution in [0.4, 0.5) is 11.4 Å². The third kappa shape index (κ3) is 3.49. The number of hydrogen-bond donors (Lipinski definition) is 2.